The highest BCUT2D eigenvalue weighted by molar-refractivity contribution is 9.10. The second-order valence-corrected chi connectivity index (χ2v) is 5.90. The van der Waals surface area contributed by atoms with Crippen molar-refractivity contribution in [3.05, 3.63) is 62.6 Å². The molecule has 100 valence electrons. The number of hydrogen-bond acceptors (Lipinski definition) is 1. The molecule has 2 aromatic rings. The minimum atomic E-state index is -0.298. The highest BCUT2D eigenvalue weighted by atomic mass is 79.9. The van der Waals surface area contributed by atoms with E-state index in [0.29, 0.717) is 5.02 Å². The van der Waals surface area contributed by atoms with Gasteiger partial charge in [-0.1, -0.05) is 51.8 Å². The van der Waals surface area contributed by atoms with Gasteiger partial charge in [-0.2, -0.15) is 0 Å². The number of methoxy groups -OCH3 is 1. The molecule has 0 saturated heterocycles. The van der Waals surface area contributed by atoms with Crippen molar-refractivity contribution < 1.29 is 4.74 Å². The zero-order valence-corrected chi connectivity index (χ0v) is 13.7. The number of halogens is 3. The van der Waals surface area contributed by atoms with Crippen LogP contribution in [0.5, 0.6) is 5.75 Å². The highest BCUT2D eigenvalue weighted by Crippen LogP contribution is 2.39. The molecule has 2 aromatic carbocycles. The Morgan fingerprint density at radius 3 is 2.53 bits per heavy atom. The molecule has 0 aliphatic heterocycles. The third kappa shape index (κ3) is 3.07. The summed E-state index contributed by atoms with van der Waals surface area (Å²) in [7, 11) is 1.64. The van der Waals surface area contributed by atoms with Gasteiger partial charge in [-0.3, -0.25) is 0 Å². The lowest BCUT2D eigenvalue weighted by Gasteiger charge is -2.15. The van der Waals surface area contributed by atoms with E-state index in [9.17, 15) is 0 Å². The van der Waals surface area contributed by atoms with Crippen molar-refractivity contribution in [3.8, 4) is 5.75 Å². The summed E-state index contributed by atoms with van der Waals surface area (Å²) in [5.41, 5.74) is 2.90. The third-order valence-electron chi connectivity index (χ3n) is 2.98. The summed E-state index contributed by atoms with van der Waals surface area (Å²) in [6, 6.07) is 11.6. The maximum atomic E-state index is 6.55. The summed E-state index contributed by atoms with van der Waals surface area (Å²) in [4.78, 5) is 0. The molecular formula is C15H13BrCl2O. The van der Waals surface area contributed by atoms with Crippen molar-refractivity contribution in [1.29, 1.82) is 0 Å². The lowest BCUT2D eigenvalue weighted by Crippen LogP contribution is -1.97. The molecule has 0 saturated carbocycles. The van der Waals surface area contributed by atoms with Gasteiger partial charge in [0.05, 0.1) is 12.5 Å². The lowest BCUT2D eigenvalue weighted by atomic mass is 10.0. The van der Waals surface area contributed by atoms with Crippen LogP contribution in [0.4, 0.5) is 0 Å². The SMILES string of the molecule is COc1ccc(C(Cl)c2cccc(C)c2Cl)c(Br)c1. The molecule has 1 nitrogen and oxygen atoms in total. The van der Waals surface area contributed by atoms with E-state index in [1.807, 2.05) is 43.3 Å². The Morgan fingerprint density at radius 2 is 1.89 bits per heavy atom. The minimum absolute atomic E-state index is 0.298. The van der Waals surface area contributed by atoms with Crippen molar-refractivity contribution in [2.75, 3.05) is 7.11 Å². The van der Waals surface area contributed by atoms with Crippen molar-refractivity contribution >= 4 is 39.1 Å². The quantitative estimate of drug-likeness (QED) is 0.634. The first kappa shape index (κ1) is 14.7. The normalized spacial score (nSPS) is 12.3. The van der Waals surface area contributed by atoms with Gasteiger partial charge in [-0.25, -0.2) is 0 Å². The predicted molar refractivity (Wildman–Crippen MR) is 84.6 cm³/mol. The van der Waals surface area contributed by atoms with Crippen LogP contribution in [0.1, 0.15) is 22.1 Å². The Labute approximate surface area is 131 Å². The molecule has 0 bridgehead atoms. The van der Waals surface area contributed by atoms with Gasteiger partial charge in [-0.15, -0.1) is 11.6 Å². The molecule has 0 aliphatic carbocycles. The summed E-state index contributed by atoms with van der Waals surface area (Å²) < 4.78 is 6.09. The average Bonchev–Trinajstić information content (AvgIpc) is 2.41. The van der Waals surface area contributed by atoms with E-state index in [2.05, 4.69) is 15.9 Å². The molecule has 0 N–H and O–H groups in total. The van der Waals surface area contributed by atoms with Gasteiger partial charge >= 0.3 is 0 Å². The number of ether oxygens (including phenoxy) is 1. The monoisotopic (exact) mass is 358 g/mol. The maximum absolute atomic E-state index is 6.55. The van der Waals surface area contributed by atoms with E-state index < -0.39 is 0 Å². The number of rotatable bonds is 3. The summed E-state index contributed by atoms with van der Waals surface area (Å²) >= 11 is 16.4. The van der Waals surface area contributed by atoms with E-state index in [4.69, 9.17) is 27.9 Å². The van der Waals surface area contributed by atoms with Gasteiger partial charge < -0.3 is 4.74 Å². The van der Waals surface area contributed by atoms with E-state index in [-0.39, 0.29) is 5.38 Å². The van der Waals surface area contributed by atoms with Crippen LogP contribution in [-0.2, 0) is 0 Å². The standard InChI is InChI=1S/C15H13BrCl2O/c1-9-4-3-5-12(14(9)17)15(18)11-7-6-10(19-2)8-13(11)16/h3-8,15H,1-2H3. The third-order valence-corrected chi connectivity index (χ3v) is 4.65. The molecule has 0 heterocycles. The molecule has 1 atom stereocenters. The number of benzene rings is 2. The molecule has 0 spiro atoms. The molecule has 19 heavy (non-hydrogen) atoms. The summed E-state index contributed by atoms with van der Waals surface area (Å²) in [6.07, 6.45) is 0. The maximum Gasteiger partial charge on any atom is 0.120 e. The summed E-state index contributed by atoms with van der Waals surface area (Å²) in [5.74, 6) is 0.787. The molecule has 4 heteroatoms. The predicted octanol–water partition coefficient (Wildman–Crippen LogP) is 5.75. The van der Waals surface area contributed by atoms with Gasteiger partial charge in [0.2, 0.25) is 0 Å². The average molecular weight is 360 g/mol. The first-order chi connectivity index (χ1) is 9.04. The minimum Gasteiger partial charge on any atom is -0.497 e. The highest BCUT2D eigenvalue weighted by Gasteiger charge is 2.18. The fraction of sp³-hybridized carbons (Fsp3) is 0.200. The van der Waals surface area contributed by atoms with E-state index in [0.717, 1.165) is 26.9 Å². The van der Waals surface area contributed by atoms with Crippen LogP contribution in [0.15, 0.2) is 40.9 Å². The summed E-state index contributed by atoms with van der Waals surface area (Å²) in [6.45, 7) is 1.97. The fourth-order valence-electron chi connectivity index (χ4n) is 1.87. The van der Waals surface area contributed by atoms with Crippen LogP contribution < -0.4 is 4.74 Å². The van der Waals surface area contributed by atoms with Gasteiger partial charge in [0.1, 0.15) is 5.75 Å². The Bertz CT molecular complexity index is 599. The topological polar surface area (TPSA) is 9.23 Å². The smallest absolute Gasteiger partial charge is 0.120 e. The molecule has 0 aromatic heterocycles. The van der Waals surface area contributed by atoms with Gasteiger partial charge in [-0.05, 0) is 35.7 Å². The molecule has 1 unspecified atom stereocenters. The Kier molecular flexibility index (Phi) is 4.77. The molecule has 2 rings (SSSR count). The van der Waals surface area contributed by atoms with E-state index in [1.54, 1.807) is 7.11 Å². The van der Waals surface area contributed by atoms with E-state index in [1.165, 1.54) is 0 Å². The van der Waals surface area contributed by atoms with Crippen molar-refractivity contribution in [2.45, 2.75) is 12.3 Å². The molecule has 0 radical (unpaired) electrons. The van der Waals surface area contributed by atoms with Crippen LogP contribution in [0.3, 0.4) is 0 Å². The second-order valence-electron chi connectivity index (χ2n) is 4.23. The van der Waals surface area contributed by atoms with E-state index >= 15 is 0 Å². The Hall–Kier alpha value is -0.700. The zero-order valence-electron chi connectivity index (χ0n) is 10.6. The van der Waals surface area contributed by atoms with Crippen molar-refractivity contribution in [1.82, 2.24) is 0 Å². The first-order valence-electron chi connectivity index (χ1n) is 5.77. The van der Waals surface area contributed by atoms with Crippen LogP contribution in [0, 0.1) is 6.92 Å². The van der Waals surface area contributed by atoms with Crippen molar-refractivity contribution in [3.63, 3.8) is 0 Å². The first-order valence-corrected chi connectivity index (χ1v) is 7.38. The Morgan fingerprint density at radius 1 is 1.16 bits per heavy atom. The van der Waals surface area contributed by atoms with Crippen molar-refractivity contribution in [2.24, 2.45) is 0 Å². The van der Waals surface area contributed by atoms with Crippen LogP contribution in [0.25, 0.3) is 0 Å². The molecule has 0 fully saturated rings. The van der Waals surface area contributed by atoms with Gasteiger partial charge in [0.15, 0.2) is 0 Å². The lowest BCUT2D eigenvalue weighted by molar-refractivity contribution is 0.414. The van der Waals surface area contributed by atoms with Gasteiger partial charge in [0, 0.05) is 9.50 Å². The van der Waals surface area contributed by atoms with Crippen LogP contribution >= 0.6 is 39.1 Å². The van der Waals surface area contributed by atoms with Crippen LogP contribution in [-0.4, -0.2) is 7.11 Å². The molecule has 0 aliphatic rings. The fourth-order valence-corrected chi connectivity index (χ4v) is 3.26. The summed E-state index contributed by atoms with van der Waals surface area (Å²) in [5, 5.41) is 0.415. The van der Waals surface area contributed by atoms with Gasteiger partial charge in [0.25, 0.3) is 0 Å². The number of hydrogen-bond donors (Lipinski definition) is 0. The second kappa shape index (κ2) is 6.17. The number of alkyl halides is 1. The molecule has 0 amide bonds. The largest absolute Gasteiger partial charge is 0.497 e. The number of aryl methyl sites for hydroxylation is 1. The molecular weight excluding hydrogens is 347 g/mol. The zero-order chi connectivity index (χ0) is 14.0. The van der Waals surface area contributed by atoms with Crippen LogP contribution in [0.2, 0.25) is 5.02 Å². The Balaban J connectivity index is 2.44.